The number of rotatable bonds is 5. The molecule has 0 N–H and O–H groups in total. The first kappa shape index (κ1) is 12.6. The summed E-state index contributed by atoms with van der Waals surface area (Å²) >= 11 is 0. The normalized spacial score (nSPS) is 9.94. The molecule has 1 rings (SSSR count). The lowest BCUT2D eigenvalue weighted by Crippen LogP contribution is -2.06. The molecule has 88 valence electrons. The molecule has 0 saturated carbocycles. The Labute approximate surface area is 96.4 Å². The summed E-state index contributed by atoms with van der Waals surface area (Å²) in [5, 5.41) is 0. The highest BCUT2D eigenvalue weighted by Crippen LogP contribution is 2.19. The van der Waals surface area contributed by atoms with Gasteiger partial charge in [-0.1, -0.05) is 6.92 Å². The molecule has 0 radical (unpaired) electrons. The van der Waals surface area contributed by atoms with Crippen LogP contribution in [0.2, 0.25) is 0 Å². The predicted octanol–water partition coefficient (Wildman–Crippen LogP) is 2.96. The first-order chi connectivity index (χ1) is 7.69. The van der Waals surface area contributed by atoms with Gasteiger partial charge in [0.15, 0.2) is 0 Å². The van der Waals surface area contributed by atoms with E-state index in [1.807, 2.05) is 20.8 Å². The lowest BCUT2D eigenvalue weighted by Gasteiger charge is -2.08. The summed E-state index contributed by atoms with van der Waals surface area (Å²) in [5.41, 5.74) is 1.53. The van der Waals surface area contributed by atoms with E-state index < -0.39 is 0 Å². The van der Waals surface area contributed by atoms with E-state index in [1.54, 1.807) is 18.2 Å². The highest BCUT2D eigenvalue weighted by molar-refractivity contribution is 5.89. The Balaban J connectivity index is 2.76. The van der Waals surface area contributed by atoms with Crippen molar-refractivity contribution in [1.82, 2.24) is 0 Å². The second-order valence-corrected chi connectivity index (χ2v) is 3.55. The van der Waals surface area contributed by atoms with Crippen LogP contribution >= 0.6 is 0 Å². The molecule has 3 nitrogen and oxygen atoms in total. The van der Waals surface area contributed by atoms with Crippen molar-refractivity contribution in [2.45, 2.75) is 27.2 Å². The minimum atomic E-state index is -0.270. The molecule has 1 aromatic carbocycles. The van der Waals surface area contributed by atoms with Crippen molar-refractivity contribution in [2.24, 2.45) is 0 Å². The van der Waals surface area contributed by atoms with Crippen molar-refractivity contribution in [3.05, 3.63) is 29.3 Å². The van der Waals surface area contributed by atoms with E-state index >= 15 is 0 Å². The van der Waals surface area contributed by atoms with E-state index in [-0.39, 0.29) is 5.97 Å². The van der Waals surface area contributed by atoms with Gasteiger partial charge < -0.3 is 9.47 Å². The van der Waals surface area contributed by atoms with Crippen molar-refractivity contribution in [3.8, 4) is 5.75 Å². The molecule has 3 heteroatoms. The second-order valence-electron chi connectivity index (χ2n) is 3.55. The summed E-state index contributed by atoms with van der Waals surface area (Å²) in [6, 6.07) is 5.33. The SMILES string of the molecule is CCCOC(=O)c1ccc(OCC)c(C)c1. The van der Waals surface area contributed by atoms with Crippen molar-refractivity contribution in [2.75, 3.05) is 13.2 Å². The molecule has 0 saturated heterocycles. The highest BCUT2D eigenvalue weighted by Gasteiger charge is 2.08. The average Bonchev–Trinajstić information content (AvgIpc) is 2.29. The Kier molecular flexibility index (Phi) is 4.83. The van der Waals surface area contributed by atoms with Crippen LogP contribution in [0.1, 0.15) is 36.2 Å². The molecule has 1 aromatic rings. The lowest BCUT2D eigenvalue weighted by molar-refractivity contribution is 0.0505. The van der Waals surface area contributed by atoms with E-state index in [0.717, 1.165) is 17.7 Å². The molecular weight excluding hydrogens is 204 g/mol. The number of aryl methyl sites for hydroxylation is 1. The molecule has 0 spiro atoms. The van der Waals surface area contributed by atoms with E-state index in [9.17, 15) is 4.79 Å². The van der Waals surface area contributed by atoms with Gasteiger partial charge in [-0.25, -0.2) is 4.79 Å². The Morgan fingerprint density at radius 1 is 1.31 bits per heavy atom. The fourth-order valence-electron chi connectivity index (χ4n) is 1.37. The van der Waals surface area contributed by atoms with Gasteiger partial charge in [0, 0.05) is 0 Å². The van der Waals surface area contributed by atoms with Crippen LogP contribution in [0.15, 0.2) is 18.2 Å². The maximum absolute atomic E-state index is 11.6. The molecular formula is C13H18O3. The Morgan fingerprint density at radius 2 is 2.06 bits per heavy atom. The molecule has 0 aromatic heterocycles. The summed E-state index contributed by atoms with van der Waals surface area (Å²) in [7, 11) is 0. The zero-order valence-corrected chi connectivity index (χ0v) is 10.1. The van der Waals surface area contributed by atoms with Gasteiger partial charge in [0.1, 0.15) is 5.75 Å². The topological polar surface area (TPSA) is 35.5 Å². The third kappa shape index (κ3) is 3.26. The summed E-state index contributed by atoms with van der Waals surface area (Å²) in [4.78, 5) is 11.6. The van der Waals surface area contributed by atoms with E-state index in [1.165, 1.54) is 0 Å². The number of benzene rings is 1. The number of hydrogen-bond donors (Lipinski definition) is 0. The van der Waals surface area contributed by atoms with Crippen LogP contribution in [-0.2, 0) is 4.74 Å². The van der Waals surface area contributed by atoms with Crippen molar-refractivity contribution < 1.29 is 14.3 Å². The first-order valence-electron chi connectivity index (χ1n) is 5.59. The molecule has 0 amide bonds. The maximum Gasteiger partial charge on any atom is 0.338 e. The van der Waals surface area contributed by atoms with Crippen molar-refractivity contribution in [1.29, 1.82) is 0 Å². The minimum absolute atomic E-state index is 0.270. The molecule has 0 aliphatic rings. The number of ether oxygens (including phenoxy) is 2. The number of hydrogen-bond acceptors (Lipinski definition) is 3. The number of esters is 1. The lowest BCUT2D eigenvalue weighted by atomic mass is 10.1. The summed E-state index contributed by atoms with van der Waals surface area (Å²) in [6.45, 7) is 6.91. The minimum Gasteiger partial charge on any atom is -0.494 e. The van der Waals surface area contributed by atoms with Gasteiger partial charge in [0.2, 0.25) is 0 Å². The second kappa shape index (κ2) is 6.16. The van der Waals surface area contributed by atoms with Gasteiger partial charge in [-0.15, -0.1) is 0 Å². The van der Waals surface area contributed by atoms with Crippen LogP contribution in [0.5, 0.6) is 5.75 Å². The van der Waals surface area contributed by atoms with Gasteiger partial charge in [0.05, 0.1) is 18.8 Å². The van der Waals surface area contributed by atoms with Crippen LogP contribution in [0, 0.1) is 6.92 Å². The monoisotopic (exact) mass is 222 g/mol. The van der Waals surface area contributed by atoms with E-state index in [4.69, 9.17) is 9.47 Å². The van der Waals surface area contributed by atoms with Gasteiger partial charge in [-0.2, -0.15) is 0 Å². The van der Waals surface area contributed by atoms with Crippen LogP contribution < -0.4 is 4.74 Å². The van der Waals surface area contributed by atoms with Gasteiger partial charge in [-0.05, 0) is 44.0 Å². The molecule has 0 atom stereocenters. The van der Waals surface area contributed by atoms with Crippen molar-refractivity contribution in [3.63, 3.8) is 0 Å². The quantitative estimate of drug-likeness (QED) is 0.718. The van der Waals surface area contributed by atoms with E-state index in [0.29, 0.717) is 18.8 Å². The summed E-state index contributed by atoms with van der Waals surface area (Å²) < 4.78 is 10.5. The predicted molar refractivity (Wildman–Crippen MR) is 62.9 cm³/mol. The molecule has 16 heavy (non-hydrogen) atoms. The summed E-state index contributed by atoms with van der Waals surface area (Å²) in [5.74, 6) is 0.544. The molecule has 0 fully saturated rings. The van der Waals surface area contributed by atoms with Crippen LogP contribution in [0.3, 0.4) is 0 Å². The highest BCUT2D eigenvalue weighted by atomic mass is 16.5. The Bertz CT molecular complexity index is 358. The van der Waals surface area contributed by atoms with Gasteiger partial charge >= 0.3 is 5.97 Å². The van der Waals surface area contributed by atoms with Crippen LogP contribution in [-0.4, -0.2) is 19.2 Å². The smallest absolute Gasteiger partial charge is 0.338 e. The number of carbonyl (C=O) groups excluding carboxylic acids is 1. The Hall–Kier alpha value is -1.51. The van der Waals surface area contributed by atoms with Crippen molar-refractivity contribution >= 4 is 5.97 Å². The third-order valence-corrected chi connectivity index (χ3v) is 2.15. The fraction of sp³-hybridized carbons (Fsp3) is 0.462. The molecule has 0 aliphatic carbocycles. The van der Waals surface area contributed by atoms with Gasteiger partial charge in [-0.3, -0.25) is 0 Å². The first-order valence-corrected chi connectivity index (χ1v) is 5.59. The van der Waals surface area contributed by atoms with E-state index in [2.05, 4.69) is 0 Å². The average molecular weight is 222 g/mol. The molecule has 0 bridgehead atoms. The largest absolute Gasteiger partial charge is 0.494 e. The molecule has 0 heterocycles. The summed E-state index contributed by atoms with van der Waals surface area (Å²) in [6.07, 6.45) is 0.835. The standard InChI is InChI=1S/C13H18O3/c1-4-8-16-13(14)11-6-7-12(15-5-2)10(3)9-11/h6-7,9H,4-5,8H2,1-3H3. The zero-order chi connectivity index (χ0) is 12.0. The molecule has 0 aliphatic heterocycles. The molecule has 0 unspecified atom stereocenters. The zero-order valence-electron chi connectivity index (χ0n) is 10.1. The third-order valence-electron chi connectivity index (χ3n) is 2.15. The number of carbonyl (C=O) groups is 1. The van der Waals surface area contributed by atoms with Crippen LogP contribution in [0.25, 0.3) is 0 Å². The maximum atomic E-state index is 11.6. The fourth-order valence-corrected chi connectivity index (χ4v) is 1.37. The van der Waals surface area contributed by atoms with Gasteiger partial charge in [0.25, 0.3) is 0 Å². The van der Waals surface area contributed by atoms with Crippen LogP contribution in [0.4, 0.5) is 0 Å². The Morgan fingerprint density at radius 3 is 2.62 bits per heavy atom.